The van der Waals surface area contributed by atoms with E-state index in [1.807, 2.05) is 23.1 Å². The molecule has 3 atom stereocenters. The number of carbonyl (C=O) groups excluding carboxylic acids is 1. The van der Waals surface area contributed by atoms with Gasteiger partial charge in [0, 0.05) is 24.5 Å². The quantitative estimate of drug-likeness (QED) is 0.790. The number of hydrogen-bond acceptors (Lipinski definition) is 2. The van der Waals surface area contributed by atoms with Crippen LogP contribution in [0.15, 0.2) is 18.2 Å². The van der Waals surface area contributed by atoms with Crippen LogP contribution in [0.1, 0.15) is 37.7 Å². The molecule has 3 aliphatic rings. The number of rotatable bonds is 1. The second-order valence-corrected chi connectivity index (χ2v) is 7.38. The Balaban J connectivity index is 1.43. The molecule has 1 aromatic rings. The highest BCUT2D eigenvalue weighted by Crippen LogP contribution is 2.37. The Hall–Kier alpha value is -1.22. The summed E-state index contributed by atoms with van der Waals surface area (Å²) in [5.41, 5.74) is 1.05. The molecule has 1 saturated heterocycles. The third-order valence-corrected chi connectivity index (χ3v) is 5.81. The molecule has 2 heterocycles. The molecule has 0 radical (unpaired) electrons. The van der Waals surface area contributed by atoms with E-state index in [-0.39, 0.29) is 12.0 Å². The average Bonchev–Trinajstić information content (AvgIpc) is 2.96. The summed E-state index contributed by atoms with van der Waals surface area (Å²) < 4.78 is 5.86. The highest BCUT2D eigenvalue weighted by Gasteiger charge is 2.37. The molecule has 4 heteroatoms. The number of piperidine rings is 1. The number of amides is 1. The van der Waals surface area contributed by atoms with Gasteiger partial charge in [-0.15, -0.1) is 0 Å². The van der Waals surface area contributed by atoms with Crippen molar-refractivity contribution in [1.82, 2.24) is 4.90 Å². The first-order chi connectivity index (χ1) is 10.7. The molecule has 1 amide bonds. The van der Waals surface area contributed by atoms with Crippen molar-refractivity contribution in [3.63, 3.8) is 0 Å². The van der Waals surface area contributed by atoms with Gasteiger partial charge in [0.1, 0.15) is 5.75 Å². The average molecular weight is 320 g/mol. The molecular formula is C18H22ClNO2. The van der Waals surface area contributed by atoms with Gasteiger partial charge >= 0.3 is 0 Å². The van der Waals surface area contributed by atoms with Gasteiger partial charge in [0.05, 0.1) is 0 Å². The van der Waals surface area contributed by atoms with Crippen molar-refractivity contribution in [2.75, 3.05) is 13.1 Å². The Kier molecular flexibility index (Phi) is 3.77. The molecule has 2 aliphatic heterocycles. The van der Waals surface area contributed by atoms with Crippen molar-refractivity contribution in [2.24, 2.45) is 11.8 Å². The number of benzene rings is 1. The van der Waals surface area contributed by atoms with E-state index < -0.39 is 0 Å². The third kappa shape index (κ3) is 2.60. The van der Waals surface area contributed by atoms with Gasteiger partial charge in [-0.3, -0.25) is 4.79 Å². The summed E-state index contributed by atoms with van der Waals surface area (Å²) >= 11 is 6.02. The molecule has 0 unspecified atom stereocenters. The lowest BCUT2D eigenvalue weighted by atomic mass is 9.75. The lowest BCUT2D eigenvalue weighted by molar-refractivity contribution is -0.141. The summed E-state index contributed by atoms with van der Waals surface area (Å²) in [6.45, 7) is 1.83. The molecule has 3 nitrogen and oxygen atoms in total. The lowest BCUT2D eigenvalue weighted by Gasteiger charge is -2.41. The first-order valence-electron chi connectivity index (χ1n) is 8.44. The Morgan fingerprint density at radius 3 is 2.86 bits per heavy atom. The molecule has 22 heavy (non-hydrogen) atoms. The zero-order valence-corrected chi connectivity index (χ0v) is 13.5. The van der Waals surface area contributed by atoms with Gasteiger partial charge in [0.15, 0.2) is 6.10 Å². The van der Waals surface area contributed by atoms with Gasteiger partial charge in [0.2, 0.25) is 0 Å². The highest BCUT2D eigenvalue weighted by atomic mass is 35.5. The second-order valence-electron chi connectivity index (χ2n) is 6.94. The molecule has 1 saturated carbocycles. The van der Waals surface area contributed by atoms with E-state index in [1.165, 1.54) is 32.1 Å². The van der Waals surface area contributed by atoms with Crippen LogP contribution in [0.25, 0.3) is 0 Å². The summed E-state index contributed by atoms with van der Waals surface area (Å²) in [4.78, 5) is 14.8. The number of carbonyl (C=O) groups is 1. The van der Waals surface area contributed by atoms with Crippen molar-refractivity contribution >= 4 is 17.5 Å². The number of nitrogens with zero attached hydrogens (tertiary/aromatic N) is 1. The van der Waals surface area contributed by atoms with Crippen molar-refractivity contribution in [3.05, 3.63) is 28.8 Å². The fraction of sp³-hybridized carbons (Fsp3) is 0.611. The Morgan fingerprint density at radius 1 is 1.18 bits per heavy atom. The van der Waals surface area contributed by atoms with E-state index in [4.69, 9.17) is 16.3 Å². The van der Waals surface area contributed by atoms with Gasteiger partial charge in [-0.1, -0.05) is 30.9 Å². The largest absolute Gasteiger partial charge is 0.480 e. The summed E-state index contributed by atoms with van der Waals surface area (Å²) in [5.74, 6) is 2.54. The molecule has 1 aromatic carbocycles. The van der Waals surface area contributed by atoms with Crippen LogP contribution in [0, 0.1) is 11.8 Å². The van der Waals surface area contributed by atoms with Gasteiger partial charge in [-0.25, -0.2) is 0 Å². The van der Waals surface area contributed by atoms with Crippen LogP contribution in [0.2, 0.25) is 5.02 Å². The van der Waals surface area contributed by atoms with E-state index in [9.17, 15) is 4.79 Å². The normalized spacial score (nSPS) is 30.4. The predicted octanol–water partition coefficient (Wildman–Crippen LogP) is 3.68. The van der Waals surface area contributed by atoms with Crippen molar-refractivity contribution in [1.29, 1.82) is 0 Å². The number of hydrogen-bond donors (Lipinski definition) is 0. The maximum absolute atomic E-state index is 12.8. The Morgan fingerprint density at radius 2 is 2.00 bits per heavy atom. The van der Waals surface area contributed by atoms with Gasteiger partial charge in [-0.05, 0) is 48.4 Å². The summed E-state index contributed by atoms with van der Waals surface area (Å²) in [5, 5.41) is 0.707. The minimum Gasteiger partial charge on any atom is -0.480 e. The van der Waals surface area contributed by atoms with Crippen LogP contribution in [0.4, 0.5) is 0 Å². The second kappa shape index (κ2) is 5.77. The highest BCUT2D eigenvalue weighted by molar-refractivity contribution is 6.30. The van der Waals surface area contributed by atoms with Crippen molar-refractivity contribution in [3.8, 4) is 5.75 Å². The van der Waals surface area contributed by atoms with E-state index in [1.54, 1.807) is 0 Å². The summed E-state index contributed by atoms with van der Waals surface area (Å²) in [6.07, 6.45) is 6.81. The van der Waals surface area contributed by atoms with Crippen LogP contribution < -0.4 is 4.74 Å². The van der Waals surface area contributed by atoms with Gasteiger partial charge in [0.25, 0.3) is 5.91 Å². The van der Waals surface area contributed by atoms with Crippen LogP contribution in [-0.2, 0) is 11.2 Å². The summed E-state index contributed by atoms with van der Waals surface area (Å²) in [7, 11) is 0. The maximum atomic E-state index is 12.8. The van der Waals surface area contributed by atoms with Crippen molar-refractivity contribution in [2.45, 2.75) is 44.6 Å². The Labute approximate surface area is 136 Å². The lowest BCUT2D eigenvalue weighted by Crippen LogP contribution is -2.49. The van der Waals surface area contributed by atoms with Gasteiger partial charge < -0.3 is 9.64 Å². The van der Waals surface area contributed by atoms with E-state index in [0.29, 0.717) is 17.4 Å². The fourth-order valence-corrected chi connectivity index (χ4v) is 4.55. The number of ether oxygens (including phenoxy) is 1. The first-order valence-corrected chi connectivity index (χ1v) is 8.82. The molecule has 118 valence electrons. The number of halogens is 1. The third-order valence-electron chi connectivity index (χ3n) is 5.58. The fourth-order valence-electron chi connectivity index (χ4n) is 4.36. The molecule has 0 bridgehead atoms. The minimum atomic E-state index is -0.353. The van der Waals surface area contributed by atoms with Gasteiger partial charge in [-0.2, -0.15) is 0 Å². The maximum Gasteiger partial charge on any atom is 0.264 e. The molecule has 4 rings (SSSR count). The van der Waals surface area contributed by atoms with Crippen LogP contribution in [-0.4, -0.2) is 30.0 Å². The molecule has 0 spiro atoms. The van der Waals surface area contributed by atoms with E-state index in [0.717, 1.165) is 30.3 Å². The molecule has 0 N–H and O–H groups in total. The monoisotopic (exact) mass is 319 g/mol. The number of likely N-dealkylation sites (tertiary alicyclic amines) is 1. The zero-order chi connectivity index (χ0) is 15.1. The van der Waals surface area contributed by atoms with Crippen LogP contribution >= 0.6 is 11.6 Å². The SMILES string of the molecule is O=C([C@@H]1Cc2cc(Cl)ccc2O1)N1CC[C@@H]2CCCC[C@@H]2C1. The van der Waals surface area contributed by atoms with E-state index in [2.05, 4.69) is 0 Å². The molecule has 2 fully saturated rings. The molecular weight excluding hydrogens is 298 g/mol. The Bertz CT molecular complexity index is 588. The zero-order valence-electron chi connectivity index (χ0n) is 12.8. The molecule has 1 aliphatic carbocycles. The summed E-state index contributed by atoms with van der Waals surface area (Å²) in [6, 6.07) is 5.61. The van der Waals surface area contributed by atoms with Crippen LogP contribution in [0.5, 0.6) is 5.75 Å². The topological polar surface area (TPSA) is 29.5 Å². The minimum absolute atomic E-state index is 0.163. The smallest absolute Gasteiger partial charge is 0.264 e. The standard InChI is InChI=1S/C18H22ClNO2/c19-15-5-6-16-14(9-15)10-17(22-16)18(21)20-8-7-12-3-1-2-4-13(12)11-20/h5-6,9,12-13,17H,1-4,7-8,10-11H2/t12-,13+,17-/m0/s1. The number of fused-ring (bicyclic) bond motifs is 2. The van der Waals surface area contributed by atoms with Crippen molar-refractivity contribution < 1.29 is 9.53 Å². The van der Waals surface area contributed by atoms with E-state index >= 15 is 0 Å². The predicted molar refractivity (Wildman–Crippen MR) is 86.2 cm³/mol. The first kappa shape index (κ1) is 14.4. The molecule has 0 aromatic heterocycles. The van der Waals surface area contributed by atoms with Crippen LogP contribution in [0.3, 0.4) is 0 Å².